The Morgan fingerprint density at radius 1 is 1.35 bits per heavy atom. The lowest BCUT2D eigenvalue weighted by atomic mass is 10.1. The first-order chi connectivity index (χ1) is 9.31. The summed E-state index contributed by atoms with van der Waals surface area (Å²) < 4.78 is 23.6. The summed E-state index contributed by atoms with van der Waals surface area (Å²) in [5.74, 6) is -0.939. The van der Waals surface area contributed by atoms with Crippen molar-refractivity contribution in [2.75, 3.05) is 13.2 Å². The Morgan fingerprint density at radius 2 is 2.05 bits per heavy atom. The molecule has 4 nitrogen and oxygen atoms in total. The predicted octanol–water partition coefficient (Wildman–Crippen LogP) is 2.66. The first kappa shape index (κ1) is 16.4. The number of rotatable bonds is 6. The lowest BCUT2D eigenvalue weighted by Gasteiger charge is -2.20. The Bertz CT molecular complexity index is 455. The van der Waals surface area contributed by atoms with Crippen molar-refractivity contribution in [3.05, 3.63) is 29.6 Å². The quantitative estimate of drug-likeness (QED) is 0.815. The summed E-state index contributed by atoms with van der Waals surface area (Å²) in [5, 5.41) is 3.27. The van der Waals surface area contributed by atoms with Gasteiger partial charge in [-0.1, -0.05) is 6.07 Å². The highest BCUT2D eigenvalue weighted by Crippen LogP contribution is 2.18. The van der Waals surface area contributed by atoms with E-state index in [0.29, 0.717) is 6.54 Å². The lowest BCUT2D eigenvalue weighted by molar-refractivity contribution is -0.145. The molecule has 1 N–H and O–H groups in total. The molecule has 0 aliphatic carbocycles. The maximum absolute atomic E-state index is 13.8. The van der Waals surface area contributed by atoms with E-state index in [1.807, 2.05) is 20.8 Å². The van der Waals surface area contributed by atoms with Gasteiger partial charge < -0.3 is 14.8 Å². The molecule has 0 bridgehead atoms. The number of nitrogens with one attached hydrogen (secondary N) is 1. The van der Waals surface area contributed by atoms with E-state index >= 15 is 0 Å². The van der Waals surface area contributed by atoms with Crippen molar-refractivity contribution in [2.45, 2.75) is 39.8 Å². The van der Waals surface area contributed by atoms with Gasteiger partial charge in [0.05, 0.1) is 6.61 Å². The minimum Gasteiger partial charge on any atom is -0.479 e. The molecular weight excluding hydrogens is 261 g/mol. The molecule has 1 aromatic rings. The average molecular weight is 283 g/mol. The van der Waals surface area contributed by atoms with Crippen LogP contribution >= 0.6 is 0 Å². The van der Waals surface area contributed by atoms with Gasteiger partial charge in [0.15, 0.2) is 18.2 Å². The fourth-order valence-electron chi connectivity index (χ4n) is 1.48. The van der Waals surface area contributed by atoms with Crippen LogP contribution in [0.15, 0.2) is 18.2 Å². The summed E-state index contributed by atoms with van der Waals surface area (Å²) >= 11 is 0. The van der Waals surface area contributed by atoms with Gasteiger partial charge in [-0.15, -0.1) is 0 Å². The van der Waals surface area contributed by atoms with Crippen LogP contribution in [0.3, 0.4) is 0 Å². The number of carbonyl (C=O) groups excluding carboxylic acids is 1. The molecule has 0 atom stereocenters. The molecule has 0 saturated carbocycles. The van der Waals surface area contributed by atoms with E-state index in [2.05, 4.69) is 5.32 Å². The molecular formula is C15H22FNO3. The zero-order valence-corrected chi connectivity index (χ0v) is 12.5. The van der Waals surface area contributed by atoms with Crippen molar-refractivity contribution in [2.24, 2.45) is 0 Å². The SMILES string of the molecule is CCOC(=O)COc1ccc(CNC(C)(C)C)cc1F. The molecule has 0 amide bonds. The van der Waals surface area contributed by atoms with Crippen LogP contribution in [0.2, 0.25) is 0 Å². The third-order valence-electron chi connectivity index (χ3n) is 2.47. The summed E-state index contributed by atoms with van der Waals surface area (Å²) in [7, 11) is 0. The third kappa shape index (κ3) is 6.02. The van der Waals surface area contributed by atoms with Crippen molar-refractivity contribution >= 4 is 5.97 Å². The monoisotopic (exact) mass is 283 g/mol. The Balaban J connectivity index is 2.57. The zero-order chi connectivity index (χ0) is 15.2. The largest absolute Gasteiger partial charge is 0.479 e. The van der Waals surface area contributed by atoms with Crippen LogP contribution in [-0.4, -0.2) is 24.7 Å². The Hall–Kier alpha value is -1.62. The van der Waals surface area contributed by atoms with Gasteiger partial charge in [-0.25, -0.2) is 9.18 Å². The molecule has 20 heavy (non-hydrogen) atoms. The topological polar surface area (TPSA) is 47.6 Å². The molecule has 0 aromatic heterocycles. The van der Waals surface area contributed by atoms with Crippen LogP contribution in [-0.2, 0) is 16.1 Å². The van der Waals surface area contributed by atoms with Gasteiger partial charge in [0.1, 0.15) is 0 Å². The van der Waals surface area contributed by atoms with E-state index in [1.165, 1.54) is 12.1 Å². The standard InChI is InChI=1S/C15H22FNO3/c1-5-19-14(18)10-20-13-7-6-11(8-12(13)16)9-17-15(2,3)4/h6-8,17H,5,9-10H2,1-4H3. The van der Waals surface area contributed by atoms with Gasteiger partial charge in [0, 0.05) is 12.1 Å². The van der Waals surface area contributed by atoms with Crippen molar-refractivity contribution < 1.29 is 18.7 Å². The molecule has 1 rings (SSSR count). The summed E-state index contributed by atoms with van der Waals surface area (Å²) in [4.78, 5) is 11.1. The van der Waals surface area contributed by atoms with Crippen molar-refractivity contribution in [3.8, 4) is 5.75 Å². The smallest absolute Gasteiger partial charge is 0.344 e. The molecule has 0 saturated heterocycles. The number of ether oxygens (including phenoxy) is 2. The van der Waals surface area contributed by atoms with Crippen molar-refractivity contribution in [3.63, 3.8) is 0 Å². The fraction of sp³-hybridized carbons (Fsp3) is 0.533. The van der Waals surface area contributed by atoms with Gasteiger partial charge in [-0.05, 0) is 45.4 Å². The zero-order valence-electron chi connectivity index (χ0n) is 12.5. The molecule has 1 aromatic carbocycles. The van der Waals surface area contributed by atoms with Crippen LogP contribution in [0, 0.1) is 5.82 Å². The number of benzene rings is 1. The number of esters is 1. The molecule has 0 unspecified atom stereocenters. The highest BCUT2D eigenvalue weighted by atomic mass is 19.1. The van der Waals surface area contributed by atoms with Crippen LogP contribution in [0.25, 0.3) is 0 Å². The van der Waals surface area contributed by atoms with E-state index in [-0.39, 0.29) is 24.5 Å². The number of halogens is 1. The summed E-state index contributed by atoms with van der Waals surface area (Å²) in [5.41, 5.74) is 0.788. The molecule has 0 radical (unpaired) electrons. The number of hydrogen-bond donors (Lipinski definition) is 1. The molecule has 0 fully saturated rings. The fourth-order valence-corrected chi connectivity index (χ4v) is 1.48. The molecule has 0 heterocycles. The van der Waals surface area contributed by atoms with Gasteiger partial charge in [0.2, 0.25) is 0 Å². The van der Waals surface area contributed by atoms with E-state index < -0.39 is 11.8 Å². The summed E-state index contributed by atoms with van der Waals surface area (Å²) in [6, 6.07) is 4.69. The normalized spacial score (nSPS) is 11.2. The number of carbonyl (C=O) groups is 1. The third-order valence-corrected chi connectivity index (χ3v) is 2.47. The van der Waals surface area contributed by atoms with E-state index in [1.54, 1.807) is 13.0 Å². The van der Waals surface area contributed by atoms with E-state index in [9.17, 15) is 9.18 Å². The van der Waals surface area contributed by atoms with Gasteiger partial charge in [-0.2, -0.15) is 0 Å². The Kier molecular flexibility index (Phi) is 5.95. The van der Waals surface area contributed by atoms with Crippen LogP contribution in [0.4, 0.5) is 4.39 Å². The van der Waals surface area contributed by atoms with Gasteiger partial charge >= 0.3 is 5.97 Å². The maximum Gasteiger partial charge on any atom is 0.344 e. The highest BCUT2D eigenvalue weighted by Gasteiger charge is 2.11. The molecule has 0 spiro atoms. The first-order valence-electron chi connectivity index (χ1n) is 6.63. The average Bonchev–Trinajstić information content (AvgIpc) is 2.34. The Labute approximate surface area is 119 Å². The number of hydrogen-bond acceptors (Lipinski definition) is 4. The van der Waals surface area contributed by atoms with Crippen molar-refractivity contribution in [1.29, 1.82) is 0 Å². The molecule has 0 aliphatic rings. The maximum atomic E-state index is 13.8. The van der Waals surface area contributed by atoms with E-state index in [0.717, 1.165) is 5.56 Å². The highest BCUT2D eigenvalue weighted by molar-refractivity contribution is 5.71. The molecule has 5 heteroatoms. The lowest BCUT2D eigenvalue weighted by Crippen LogP contribution is -2.35. The predicted molar refractivity (Wildman–Crippen MR) is 75.1 cm³/mol. The van der Waals surface area contributed by atoms with Crippen LogP contribution < -0.4 is 10.1 Å². The second-order valence-electron chi connectivity index (χ2n) is 5.46. The van der Waals surface area contributed by atoms with Crippen LogP contribution in [0.5, 0.6) is 5.75 Å². The summed E-state index contributed by atoms with van der Waals surface area (Å²) in [6.07, 6.45) is 0. The molecule has 0 aliphatic heterocycles. The van der Waals surface area contributed by atoms with Crippen LogP contribution in [0.1, 0.15) is 33.3 Å². The van der Waals surface area contributed by atoms with E-state index in [4.69, 9.17) is 9.47 Å². The van der Waals surface area contributed by atoms with Gasteiger partial charge in [-0.3, -0.25) is 0 Å². The van der Waals surface area contributed by atoms with Crippen molar-refractivity contribution in [1.82, 2.24) is 5.32 Å². The first-order valence-corrected chi connectivity index (χ1v) is 6.63. The molecule has 112 valence electrons. The second kappa shape index (κ2) is 7.24. The minimum absolute atomic E-state index is 0.0322. The Morgan fingerprint density at radius 3 is 2.60 bits per heavy atom. The second-order valence-corrected chi connectivity index (χ2v) is 5.46. The van der Waals surface area contributed by atoms with Gasteiger partial charge in [0.25, 0.3) is 0 Å². The minimum atomic E-state index is -0.509. The summed E-state index contributed by atoms with van der Waals surface area (Å²) in [6.45, 7) is 8.39.